The molecule has 0 aromatic rings. The second-order valence-corrected chi connectivity index (χ2v) is 5.89. The van der Waals surface area contributed by atoms with Gasteiger partial charge in [-0.15, -0.1) is 3.89 Å². The molecule has 1 spiro atoms. The molecule has 0 radical (unpaired) electrons. The minimum Gasteiger partial charge on any atom is -0.206 e. The molecule has 0 aromatic carbocycles. The van der Waals surface area contributed by atoms with E-state index >= 15 is 0 Å². The average Bonchev–Trinajstić information content (AvgIpc) is 2.36. The summed E-state index contributed by atoms with van der Waals surface area (Å²) in [6.07, 6.45) is 0.741. The van der Waals surface area contributed by atoms with Gasteiger partial charge in [0.15, 0.2) is 0 Å². The molecular formula is C8H11F3O2S. The molecule has 6 heteroatoms. The van der Waals surface area contributed by atoms with Gasteiger partial charge in [0.1, 0.15) is 0 Å². The summed E-state index contributed by atoms with van der Waals surface area (Å²) in [6, 6.07) is 0. The van der Waals surface area contributed by atoms with E-state index in [1.807, 2.05) is 0 Å². The first-order valence-corrected chi connectivity index (χ1v) is 6.10. The number of alkyl halides is 2. The summed E-state index contributed by atoms with van der Waals surface area (Å²) in [5.41, 5.74) is -0.984. The fourth-order valence-electron chi connectivity index (χ4n) is 2.53. The van der Waals surface area contributed by atoms with Crippen LogP contribution in [0.15, 0.2) is 0 Å². The van der Waals surface area contributed by atoms with Gasteiger partial charge in [0, 0.05) is 11.8 Å². The predicted molar refractivity (Wildman–Crippen MR) is 44.2 cm³/mol. The number of rotatable bonds is 2. The van der Waals surface area contributed by atoms with Crippen LogP contribution >= 0.6 is 0 Å². The summed E-state index contributed by atoms with van der Waals surface area (Å²) < 4.78 is 58.7. The highest BCUT2D eigenvalue weighted by atomic mass is 32.3. The first-order valence-electron chi connectivity index (χ1n) is 4.54. The molecule has 0 saturated heterocycles. The lowest BCUT2D eigenvalue weighted by molar-refractivity contribution is 0.0647. The van der Waals surface area contributed by atoms with Crippen LogP contribution in [0, 0.1) is 11.3 Å². The summed E-state index contributed by atoms with van der Waals surface area (Å²) in [4.78, 5) is 0. The molecule has 2 saturated carbocycles. The van der Waals surface area contributed by atoms with E-state index in [0.29, 0.717) is 12.8 Å². The smallest absolute Gasteiger partial charge is 0.206 e. The molecular weight excluding hydrogens is 217 g/mol. The summed E-state index contributed by atoms with van der Waals surface area (Å²) in [5.74, 6) is -3.65. The molecule has 0 N–H and O–H groups in total. The Labute approximate surface area is 80.7 Å². The highest BCUT2D eigenvalue weighted by molar-refractivity contribution is 7.86. The number of hydrogen-bond donors (Lipinski definition) is 0. The van der Waals surface area contributed by atoms with Gasteiger partial charge in [-0.1, -0.05) is 0 Å². The lowest BCUT2D eigenvalue weighted by Gasteiger charge is -2.07. The molecule has 2 atom stereocenters. The Bertz CT molecular complexity index is 352. The van der Waals surface area contributed by atoms with Crippen LogP contribution in [-0.2, 0) is 10.2 Å². The Hall–Kier alpha value is -0.260. The van der Waals surface area contributed by atoms with Crippen LogP contribution in [0.3, 0.4) is 0 Å². The fraction of sp³-hybridized carbons (Fsp3) is 1.00. The average molecular weight is 228 g/mol. The zero-order valence-corrected chi connectivity index (χ0v) is 8.29. The third-order valence-electron chi connectivity index (χ3n) is 3.36. The minimum atomic E-state index is -4.51. The lowest BCUT2D eigenvalue weighted by Crippen LogP contribution is -2.12. The van der Waals surface area contributed by atoms with Gasteiger partial charge in [0.05, 0.1) is 5.75 Å². The maximum absolute atomic E-state index is 12.9. The molecule has 0 heterocycles. The highest BCUT2D eigenvalue weighted by Crippen LogP contribution is 2.69. The molecule has 2 fully saturated rings. The van der Waals surface area contributed by atoms with E-state index in [9.17, 15) is 21.1 Å². The third kappa shape index (κ3) is 1.64. The van der Waals surface area contributed by atoms with Crippen molar-refractivity contribution in [3.63, 3.8) is 0 Å². The van der Waals surface area contributed by atoms with E-state index in [4.69, 9.17) is 0 Å². The molecule has 0 aliphatic heterocycles. The van der Waals surface area contributed by atoms with Crippen LogP contribution in [0.5, 0.6) is 0 Å². The molecule has 2 nitrogen and oxygen atoms in total. The van der Waals surface area contributed by atoms with Crippen LogP contribution in [0.1, 0.15) is 25.7 Å². The van der Waals surface area contributed by atoms with Crippen LogP contribution < -0.4 is 0 Å². The van der Waals surface area contributed by atoms with Gasteiger partial charge in [0.25, 0.3) is 5.92 Å². The fourth-order valence-corrected chi connectivity index (χ4v) is 3.38. The molecule has 2 rings (SSSR count). The second-order valence-electron chi connectivity index (χ2n) is 4.48. The van der Waals surface area contributed by atoms with E-state index in [1.165, 1.54) is 0 Å². The first-order chi connectivity index (χ1) is 6.24. The van der Waals surface area contributed by atoms with E-state index in [0.717, 1.165) is 0 Å². The summed E-state index contributed by atoms with van der Waals surface area (Å²) in [6.45, 7) is 0. The Morgan fingerprint density at radius 1 is 1.36 bits per heavy atom. The van der Waals surface area contributed by atoms with Gasteiger partial charge in [-0.2, -0.15) is 8.42 Å². The molecule has 2 unspecified atom stereocenters. The van der Waals surface area contributed by atoms with E-state index < -0.39 is 33.2 Å². The first kappa shape index (κ1) is 10.3. The van der Waals surface area contributed by atoms with Gasteiger partial charge in [-0.25, -0.2) is 8.78 Å². The maximum Gasteiger partial charge on any atom is 0.302 e. The van der Waals surface area contributed by atoms with Crippen molar-refractivity contribution >= 4 is 10.2 Å². The third-order valence-corrected chi connectivity index (χ3v) is 4.23. The predicted octanol–water partition coefficient (Wildman–Crippen LogP) is 2.11. The highest BCUT2D eigenvalue weighted by Gasteiger charge is 2.72. The zero-order valence-electron chi connectivity index (χ0n) is 7.47. The lowest BCUT2D eigenvalue weighted by atomic mass is 10.0. The quantitative estimate of drug-likeness (QED) is 0.678. The molecule has 2 aliphatic carbocycles. The molecule has 82 valence electrons. The second kappa shape index (κ2) is 2.65. The Morgan fingerprint density at radius 3 is 2.29 bits per heavy atom. The zero-order chi connectivity index (χ0) is 10.6. The van der Waals surface area contributed by atoms with E-state index in [1.54, 1.807) is 0 Å². The van der Waals surface area contributed by atoms with Gasteiger partial charge in [0.2, 0.25) is 0 Å². The number of hydrogen-bond acceptors (Lipinski definition) is 2. The van der Waals surface area contributed by atoms with Crippen molar-refractivity contribution in [2.45, 2.75) is 31.6 Å². The topological polar surface area (TPSA) is 34.1 Å². The summed E-state index contributed by atoms with van der Waals surface area (Å²) in [5, 5.41) is 0. The molecule has 0 aromatic heterocycles. The Kier molecular flexibility index (Phi) is 1.94. The molecule has 14 heavy (non-hydrogen) atoms. The van der Waals surface area contributed by atoms with Crippen LogP contribution in [0.2, 0.25) is 0 Å². The van der Waals surface area contributed by atoms with Gasteiger partial charge < -0.3 is 0 Å². The van der Waals surface area contributed by atoms with Crippen LogP contribution in [0.25, 0.3) is 0 Å². The maximum atomic E-state index is 12.9. The van der Waals surface area contributed by atoms with Crippen molar-refractivity contribution in [1.29, 1.82) is 0 Å². The summed E-state index contributed by atoms with van der Waals surface area (Å²) in [7, 11) is -4.51. The van der Waals surface area contributed by atoms with Crippen molar-refractivity contribution < 1.29 is 21.1 Å². The van der Waals surface area contributed by atoms with Gasteiger partial charge in [-0.05, 0) is 25.2 Å². The van der Waals surface area contributed by atoms with E-state index in [-0.39, 0.29) is 12.8 Å². The van der Waals surface area contributed by atoms with Crippen molar-refractivity contribution in [1.82, 2.24) is 0 Å². The van der Waals surface area contributed by atoms with Gasteiger partial charge >= 0.3 is 10.2 Å². The molecule has 0 amide bonds. The van der Waals surface area contributed by atoms with Crippen LogP contribution in [-0.4, -0.2) is 20.1 Å². The molecule has 2 aliphatic rings. The van der Waals surface area contributed by atoms with Crippen molar-refractivity contribution in [3.05, 3.63) is 0 Å². The number of halogens is 3. The molecule has 0 bridgehead atoms. The van der Waals surface area contributed by atoms with Crippen molar-refractivity contribution in [3.8, 4) is 0 Å². The Morgan fingerprint density at radius 2 is 1.93 bits per heavy atom. The largest absolute Gasteiger partial charge is 0.302 e. The monoisotopic (exact) mass is 228 g/mol. The Balaban J connectivity index is 1.97. The standard InChI is InChI=1S/C8H11F3O2S/c9-8(10)5-7(8)2-1-6(3-7)4-14(11,12)13/h6H,1-5H2. The normalized spacial score (nSPS) is 40.4. The van der Waals surface area contributed by atoms with Gasteiger partial charge in [-0.3, -0.25) is 0 Å². The minimum absolute atomic E-state index is 0.150. The van der Waals surface area contributed by atoms with E-state index in [2.05, 4.69) is 0 Å². The van der Waals surface area contributed by atoms with Crippen LogP contribution in [0.4, 0.5) is 12.7 Å². The van der Waals surface area contributed by atoms with Crippen molar-refractivity contribution in [2.75, 3.05) is 5.75 Å². The SMILES string of the molecule is O=S(=O)(F)CC1CCC2(C1)CC2(F)F. The summed E-state index contributed by atoms with van der Waals surface area (Å²) >= 11 is 0. The van der Waals surface area contributed by atoms with Crippen molar-refractivity contribution in [2.24, 2.45) is 11.3 Å².